The fourth-order valence-electron chi connectivity index (χ4n) is 3.28. The maximum Gasteiger partial charge on any atom is 0.231 e. The van der Waals surface area contributed by atoms with E-state index in [9.17, 15) is 9.59 Å². The molecule has 4 rings (SSSR count). The van der Waals surface area contributed by atoms with Crippen molar-refractivity contribution in [2.45, 2.75) is 19.8 Å². The van der Waals surface area contributed by atoms with Crippen molar-refractivity contribution in [2.24, 2.45) is 5.92 Å². The monoisotopic (exact) mass is 382 g/mol. The van der Waals surface area contributed by atoms with E-state index in [0.29, 0.717) is 36.0 Å². The molecule has 1 N–H and O–H groups in total. The van der Waals surface area contributed by atoms with E-state index in [1.807, 2.05) is 19.1 Å². The number of carbonyl (C=O) groups excluding carboxylic acids is 2. The average Bonchev–Trinajstić information content (AvgIpc) is 3.33. The first-order chi connectivity index (χ1) is 13.6. The molecule has 0 bridgehead atoms. The van der Waals surface area contributed by atoms with Crippen LogP contribution in [0.3, 0.4) is 0 Å². The highest BCUT2D eigenvalue weighted by Crippen LogP contribution is 2.37. The van der Waals surface area contributed by atoms with Gasteiger partial charge in [0.1, 0.15) is 5.75 Å². The van der Waals surface area contributed by atoms with Crippen LogP contribution >= 0.6 is 0 Å². The van der Waals surface area contributed by atoms with Crippen LogP contribution in [0.1, 0.15) is 19.8 Å². The predicted octanol–water partition coefficient (Wildman–Crippen LogP) is 3.20. The van der Waals surface area contributed by atoms with E-state index in [1.54, 1.807) is 35.2 Å². The fraction of sp³-hybridized carbons (Fsp3) is 0.333. The van der Waals surface area contributed by atoms with Crippen molar-refractivity contribution in [1.29, 1.82) is 0 Å². The molecule has 2 amide bonds. The summed E-state index contributed by atoms with van der Waals surface area (Å²) in [6, 6.07) is 12.6. The molecule has 1 atom stereocenters. The van der Waals surface area contributed by atoms with Gasteiger partial charge in [0.05, 0.1) is 12.5 Å². The number of hydrogen-bond donors (Lipinski definition) is 1. The van der Waals surface area contributed by atoms with Crippen molar-refractivity contribution in [3.63, 3.8) is 0 Å². The molecule has 2 aliphatic rings. The molecular weight excluding hydrogens is 360 g/mol. The first kappa shape index (κ1) is 18.2. The number of benzene rings is 2. The van der Waals surface area contributed by atoms with Crippen molar-refractivity contribution >= 4 is 23.2 Å². The summed E-state index contributed by atoms with van der Waals surface area (Å²) < 4.78 is 16.2. The van der Waals surface area contributed by atoms with Gasteiger partial charge in [-0.2, -0.15) is 0 Å². The fourth-order valence-corrected chi connectivity index (χ4v) is 3.28. The molecule has 2 aromatic carbocycles. The van der Waals surface area contributed by atoms with Crippen LogP contribution < -0.4 is 24.4 Å². The van der Waals surface area contributed by atoms with Gasteiger partial charge in [-0.1, -0.05) is 6.92 Å². The zero-order valence-corrected chi connectivity index (χ0v) is 15.6. The summed E-state index contributed by atoms with van der Waals surface area (Å²) in [5.41, 5.74) is 1.39. The molecule has 1 unspecified atom stereocenters. The lowest BCUT2D eigenvalue weighted by Gasteiger charge is -2.17. The third-order valence-electron chi connectivity index (χ3n) is 4.76. The lowest BCUT2D eigenvalue weighted by molar-refractivity contribution is -0.122. The molecule has 1 fully saturated rings. The lowest BCUT2D eigenvalue weighted by atomic mass is 10.1. The van der Waals surface area contributed by atoms with Gasteiger partial charge in [0.15, 0.2) is 11.5 Å². The SMILES string of the molecule is CCCOc1ccc(NC(=O)C2CC(=O)N(c3ccc4c(c3)OCO4)C2)cc1. The molecular formula is C21H22N2O5. The van der Waals surface area contributed by atoms with Crippen LogP contribution in [0.5, 0.6) is 17.2 Å². The Morgan fingerprint density at radius 3 is 2.75 bits per heavy atom. The predicted molar refractivity (Wildman–Crippen MR) is 104 cm³/mol. The molecule has 1 saturated heterocycles. The van der Waals surface area contributed by atoms with E-state index in [-0.39, 0.29) is 25.0 Å². The zero-order chi connectivity index (χ0) is 19.5. The molecule has 0 aromatic heterocycles. The Hall–Kier alpha value is -3.22. The number of nitrogens with zero attached hydrogens (tertiary/aromatic N) is 1. The van der Waals surface area contributed by atoms with Gasteiger partial charge < -0.3 is 24.4 Å². The van der Waals surface area contributed by atoms with E-state index in [2.05, 4.69) is 5.32 Å². The molecule has 0 spiro atoms. The van der Waals surface area contributed by atoms with E-state index in [0.717, 1.165) is 12.2 Å². The van der Waals surface area contributed by atoms with Crippen LogP contribution in [0.4, 0.5) is 11.4 Å². The molecule has 0 radical (unpaired) electrons. The summed E-state index contributed by atoms with van der Waals surface area (Å²) in [7, 11) is 0. The molecule has 7 heteroatoms. The number of hydrogen-bond acceptors (Lipinski definition) is 5. The largest absolute Gasteiger partial charge is 0.494 e. The van der Waals surface area contributed by atoms with E-state index in [4.69, 9.17) is 14.2 Å². The molecule has 2 aromatic rings. The quantitative estimate of drug-likeness (QED) is 0.830. The minimum absolute atomic E-state index is 0.0812. The Morgan fingerprint density at radius 2 is 1.96 bits per heavy atom. The van der Waals surface area contributed by atoms with Gasteiger partial charge in [0, 0.05) is 30.4 Å². The molecule has 0 aliphatic carbocycles. The number of anilines is 2. The van der Waals surface area contributed by atoms with Gasteiger partial charge in [0.25, 0.3) is 0 Å². The Balaban J connectivity index is 1.38. The number of rotatable bonds is 6. The Morgan fingerprint density at radius 1 is 1.18 bits per heavy atom. The van der Waals surface area contributed by atoms with E-state index < -0.39 is 5.92 Å². The van der Waals surface area contributed by atoms with Gasteiger partial charge in [-0.3, -0.25) is 9.59 Å². The highest BCUT2D eigenvalue weighted by atomic mass is 16.7. The minimum atomic E-state index is -0.408. The minimum Gasteiger partial charge on any atom is -0.494 e. The van der Waals surface area contributed by atoms with Crippen LogP contribution in [0.2, 0.25) is 0 Å². The molecule has 2 aliphatic heterocycles. The number of nitrogens with one attached hydrogen (secondary N) is 1. The third kappa shape index (κ3) is 3.74. The molecule has 28 heavy (non-hydrogen) atoms. The standard InChI is InChI=1S/C21H22N2O5/c1-2-9-26-17-6-3-15(4-7-17)22-21(25)14-10-20(24)23(12-14)16-5-8-18-19(11-16)28-13-27-18/h3-8,11,14H,2,9-10,12-13H2,1H3,(H,22,25). The van der Waals surface area contributed by atoms with Crippen molar-refractivity contribution in [1.82, 2.24) is 0 Å². The normalized spacial score (nSPS) is 17.7. The summed E-state index contributed by atoms with van der Waals surface area (Å²) in [4.78, 5) is 26.7. The van der Waals surface area contributed by atoms with Crippen molar-refractivity contribution in [3.05, 3.63) is 42.5 Å². The second-order valence-corrected chi connectivity index (χ2v) is 6.81. The van der Waals surface area contributed by atoms with Gasteiger partial charge in [-0.25, -0.2) is 0 Å². The van der Waals surface area contributed by atoms with Gasteiger partial charge >= 0.3 is 0 Å². The van der Waals surface area contributed by atoms with Crippen LogP contribution in [0.15, 0.2) is 42.5 Å². The number of amides is 2. The molecule has 0 saturated carbocycles. The highest BCUT2D eigenvalue weighted by molar-refractivity contribution is 6.03. The van der Waals surface area contributed by atoms with Gasteiger partial charge in [0.2, 0.25) is 18.6 Å². The third-order valence-corrected chi connectivity index (χ3v) is 4.76. The number of ether oxygens (including phenoxy) is 3. The Bertz CT molecular complexity index is 881. The van der Waals surface area contributed by atoms with E-state index in [1.165, 1.54) is 0 Å². The summed E-state index contributed by atoms with van der Waals surface area (Å²) in [5, 5.41) is 2.88. The summed E-state index contributed by atoms with van der Waals surface area (Å²) in [6.07, 6.45) is 1.12. The molecule has 2 heterocycles. The zero-order valence-electron chi connectivity index (χ0n) is 15.6. The number of carbonyl (C=O) groups is 2. The van der Waals surface area contributed by atoms with Crippen molar-refractivity contribution in [3.8, 4) is 17.2 Å². The second kappa shape index (κ2) is 7.80. The van der Waals surface area contributed by atoms with Gasteiger partial charge in [-0.15, -0.1) is 0 Å². The van der Waals surface area contributed by atoms with E-state index >= 15 is 0 Å². The lowest BCUT2D eigenvalue weighted by Crippen LogP contribution is -2.28. The molecule has 7 nitrogen and oxygen atoms in total. The maximum atomic E-state index is 12.6. The first-order valence-corrected chi connectivity index (χ1v) is 9.38. The summed E-state index contributed by atoms with van der Waals surface area (Å²) in [6.45, 7) is 3.22. The summed E-state index contributed by atoms with van der Waals surface area (Å²) in [5.74, 6) is 1.39. The van der Waals surface area contributed by atoms with Crippen LogP contribution in [-0.4, -0.2) is 31.8 Å². The Labute approximate surface area is 163 Å². The van der Waals surface area contributed by atoms with Crippen LogP contribution in [0.25, 0.3) is 0 Å². The topological polar surface area (TPSA) is 77.1 Å². The average molecular weight is 382 g/mol. The second-order valence-electron chi connectivity index (χ2n) is 6.81. The Kier molecular flexibility index (Phi) is 5.06. The van der Waals surface area contributed by atoms with Crippen LogP contribution in [-0.2, 0) is 9.59 Å². The van der Waals surface area contributed by atoms with Crippen molar-refractivity contribution < 1.29 is 23.8 Å². The molecule has 146 valence electrons. The maximum absolute atomic E-state index is 12.6. The van der Waals surface area contributed by atoms with Crippen LogP contribution in [0, 0.1) is 5.92 Å². The van der Waals surface area contributed by atoms with Gasteiger partial charge in [-0.05, 0) is 42.8 Å². The number of fused-ring (bicyclic) bond motifs is 1. The first-order valence-electron chi connectivity index (χ1n) is 9.38. The smallest absolute Gasteiger partial charge is 0.231 e. The van der Waals surface area contributed by atoms with Crippen molar-refractivity contribution in [2.75, 3.05) is 30.2 Å². The highest BCUT2D eigenvalue weighted by Gasteiger charge is 2.35. The summed E-state index contributed by atoms with van der Waals surface area (Å²) >= 11 is 0.